The fraction of sp³-hybridized carbons (Fsp3) is 0.300. The van der Waals surface area contributed by atoms with Gasteiger partial charge in [0.05, 0.1) is 16.6 Å². The predicted molar refractivity (Wildman–Crippen MR) is 62.2 cm³/mol. The zero-order valence-electron chi connectivity index (χ0n) is 8.31. The van der Waals surface area contributed by atoms with Crippen LogP contribution < -0.4 is 10.6 Å². The fourth-order valence-corrected chi connectivity index (χ4v) is 1.38. The van der Waals surface area contributed by atoms with E-state index in [2.05, 4.69) is 10.6 Å². The molecule has 0 atom stereocenters. The van der Waals surface area contributed by atoms with Gasteiger partial charge in [-0.25, -0.2) is 0 Å². The Morgan fingerprint density at radius 3 is 2.67 bits per heavy atom. The first-order chi connectivity index (χ1) is 7.13. The zero-order valence-corrected chi connectivity index (χ0v) is 9.82. The van der Waals surface area contributed by atoms with E-state index in [0.29, 0.717) is 16.6 Å². The van der Waals surface area contributed by atoms with Gasteiger partial charge in [0.2, 0.25) is 5.91 Å². The van der Waals surface area contributed by atoms with Crippen molar-refractivity contribution < 1.29 is 4.79 Å². The standard InChI is InChI=1S/C10H12Cl2N2O/c1-13-10(15)6-14-5-7-2-3-8(11)9(12)4-7/h2-4,14H,5-6H2,1H3,(H,13,15). The Kier molecular flexibility index (Phi) is 4.88. The molecule has 2 N–H and O–H groups in total. The molecule has 0 heterocycles. The fourth-order valence-electron chi connectivity index (χ4n) is 1.06. The van der Waals surface area contributed by atoms with E-state index in [1.54, 1.807) is 19.2 Å². The molecule has 0 fully saturated rings. The minimum Gasteiger partial charge on any atom is -0.358 e. The molecule has 0 unspecified atom stereocenters. The van der Waals surface area contributed by atoms with Crippen molar-refractivity contribution in [3.8, 4) is 0 Å². The Hall–Kier alpha value is -0.770. The molecule has 0 saturated heterocycles. The SMILES string of the molecule is CNC(=O)CNCc1ccc(Cl)c(Cl)c1. The Labute approximate surface area is 98.8 Å². The summed E-state index contributed by atoms with van der Waals surface area (Å²) in [6.07, 6.45) is 0. The van der Waals surface area contributed by atoms with Gasteiger partial charge in [-0.15, -0.1) is 0 Å². The number of halogens is 2. The number of hydrogen-bond acceptors (Lipinski definition) is 2. The molecule has 0 aliphatic carbocycles. The summed E-state index contributed by atoms with van der Waals surface area (Å²) in [5.41, 5.74) is 0.994. The van der Waals surface area contributed by atoms with Gasteiger partial charge in [0.15, 0.2) is 0 Å². The summed E-state index contributed by atoms with van der Waals surface area (Å²) in [6, 6.07) is 5.38. The van der Waals surface area contributed by atoms with Gasteiger partial charge < -0.3 is 10.6 Å². The van der Waals surface area contributed by atoms with Crippen LogP contribution in [0.15, 0.2) is 18.2 Å². The van der Waals surface area contributed by atoms with Crippen LogP contribution in [-0.2, 0) is 11.3 Å². The van der Waals surface area contributed by atoms with Crippen LogP contribution in [0.4, 0.5) is 0 Å². The van der Waals surface area contributed by atoms with Gasteiger partial charge in [-0.2, -0.15) is 0 Å². The van der Waals surface area contributed by atoms with Crippen LogP contribution in [0.2, 0.25) is 10.0 Å². The third kappa shape index (κ3) is 4.08. The second kappa shape index (κ2) is 5.95. The number of hydrogen-bond donors (Lipinski definition) is 2. The van der Waals surface area contributed by atoms with Crippen molar-refractivity contribution in [2.24, 2.45) is 0 Å². The number of likely N-dealkylation sites (N-methyl/N-ethyl adjacent to an activating group) is 1. The van der Waals surface area contributed by atoms with E-state index in [4.69, 9.17) is 23.2 Å². The molecule has 1 aromatic rings. The predicted octanol–water partition coefficient (Wildman–Crippen LogP) is 1.83. The Bertz CT molecular complexity index is 355. The van der Waals surface area contributed by atoms with Crippen molar-refractivity contribution >= 4 is 29.1 Å². The second-order valence-electron chi connectivity index (χ2n) is 3.03. The van der Waals surface area contributed by atoms with E-state index in [1.807, 2.05) is 6.07 Å². The lowest BCUT2D eigenvalue weighted by molar-refractivity contribution is -0.119. The number of carbonyl (C=O) groups is 1. The maximum Gasteiger partial charge on any atom is 0.233 e. The first-order valence-electron chi connectivity index (χ1n) is 4.48. The summed E-state index contributed by atoms with van der Waals surface area (Å²) in [7, 11) is 1.60. The van der Waals surface area contributed by atoms with Crippen molar-refractivity contribution in [2.75, 3.05) is 13.6 Å². The Morgan fingerprint density at radius 2 is 2.07 bits per heavy atom. The molecule has 0 radical (unpaired) electrons. The second-order valence-corrected chi connectivity index (χ2v) is 3.84. The smallest absolute Gasteiger partial charge is 0.233 e. The molecule has 15 heavy (non-hydrogen) atoms. The number of carbonyl (C=O) groups excluding carboxylic acids is 1. The van der Waals surface area contributed by atoms with Crippen LogP contribution in [0.5, 0.6) is 0 Å². The van der Waals surface area contributed by atoms with E-state index < -0.39 is 0 Å². The molecular formula is C10H12Cl2N2O. The number of benzene rings is 1. The van der Waals surface area contributed by atoms with E-state index in [1.165, 1.54) is 0 Å². The lowest BCUT2D eigenvalue weighted by Crippen LogP contribution is -2.30. The zero-order chi connectivity index (χ0) is 11.3. The number of amides is 1. The molecule has 1 amide bonds. The van der Waals surface area contributed by atoms with Crippen LogP contribution in [-0.4, -0.2) is 19.5 Å². The van der Waals surface area contributed by atoms with Crippen LogP contribution in [0.3, 0.4) is 0 Å². The first kappa shape index (κ1) is 12.3. The normalized spacial score (nSPS) is 10.1. The van der Waals surface area contributed by atoms with E-state index in [-0.39, 0.29) is 12.5 Å². The van der Waals surface area contributed by atoms with Gasteiger partial charge in [-0.3, -0.25) is 4.79 Å². The number of nitrogens with one attached hydrogen (secondary N) is 2. The van der Waals surface area contributed by atoms with E-state index in [0.717, 1.165) is 5.56 Å². The van der Waals surface area contributed by atoms with Crippen LogP contribution >= 0.6 is 23.2 Å². The minimum absolute atomic E-state index is 0.0462. The molecule has 0 aliphatic rings. The quantitative estimate of drug-likeness (QED) is 0.852. The maximum absolute atomic E-state index is 10.9. The Balaban J connectivity index is 2.44. The molecule has 0 saturated carbocycles. The van der Waals surface area contributed by atoms with Crippen molar-refractivity contribution in [2.45, 2.75) is 6.54 Å². The molecule has 0 aliphatic heterocycles. The largest absolute Gasteiger partial charge is 0.358 e. The third-order valence-corrected chi connectivity index (χ3v) is 2.62. The van der Waals surface area contributed by atoms with E-state index in [9.17, 15) is 4.79 Å². The lowest BCUT2D eigenvalue weighted by Gasteiger charge is -2.05. The average molecular weight is 247 g/mol. The summed E-state index contributed by atoms with van der Waals surface area (Å²) < 4.78 is 0. The maximum atomic E-state index is 10.9. The Morgan fingerprint density at radius 1 is 1.33 bits per heavy atom. The van der Waals surface area contributed by atoms with Gasteiger partial charge in [-0.05, 0) is 17.7 Å². The molecule has 1 aromatic carbocycles. The third-order valence-electron chi connectivity index (χ3n) is 1.88. The highest BCUT2D eigenvalue weighted by Crippen LogP contribution is 2.22. The summed E-state index contributed by atoms with van der Waals surface area (Å²) in [5, 5.41) is 6.57. The molecule has 5 heteroatoms. The molecule has 1 rings (SSSR count). The van der Waals surface area contributed by atoms with Crippen molar-refractivity contribution in [1.29, 1.82) is 0 Å². The van der Waals surface area contributed by atoms with Gasteiger partial charge in [0.1, 0.15) is 0 Å². The first-order valence-corrected chi connectivity index (χ1v) is 5.24. The highest BCUT2D eigenvalue weighted by Gasteiger charge is 2.00. The molecule has 0 aromatic heterocycles. The summed E-state index contributed by atoms with van der Waals surface area (Å²) in [5.74, 6) is -0.0462. The summed E-state index contributed by atoms with van der Waals surface area (Å²) in [4.78, 5) is 10.9. The van der Waals surface area contributed by atoms with Gasteiger partial charge in [-0.1, -0.05) is 29.3 Å². The average Bonchev–Trinajstić information content (AvgIpc) is 2.23. The van der Waals surface area contributed by atoms with Crippen molar-refractivity contribution in [3.63, 3.8) is 0 Å². The van der Waals surface area contributed by atoms with Gasteiger partial charge in [0.25, 0.3) is 0 Å². The van der Waals surface area contributed by atoms with Gasteiger partial charge >= 0.3 is 0 Å². The molecular weight excluding hydrogens is 235 g/mol. The molecule has 82 valence electrons. The van der Waals surface area contributed by atoms with Crippen molar-refractivity contribution in [1.82, 2.24) is 10.6 Å². The van der Waals surface area contributed by atoms with Crippen molar-refractivity contribution in [3.05, 3.63) is 33.8 Å². The monoisotopic (exact) mass is 246 g/mol. The molecule has 0 bridgehead atoms. The summed E-state index contributed by atoms with van der Waals surface area (Å²) in [6.45, 7) is 0.876. The lowest BCUT2D eigenvalue weighted by atomic mass is 10.2. The molecule has 0 spiro atoms. The topological polar surface area (TPSA) is 41.1 Å². The number of rotatable bonds is 4. The van der Waals surface area contributed by atoms with Crippen LogP contribution in [0, 0.1) is 0 Å². The highest BCUT2D eigenvalue weighted by atomic mass is 35.5. The molecule has 3 nitrogen and oxygen atoms in total. The summed E-state index contributed by atoms with van der Waals surface area (Å²) >= 11 is 11.6. The van der Waals surface area contributed by atoms with Crippen LogP contribution in [0.25, 0.3) is 0 Å². The minimum atomic E-state index is -0.0462. The van der Waals surface area contributed by atoms with Crippen LogP contribution in [0.1, 0.15) is 5.56 Å². The highest BCUT2D eigenvalue weighted by molar-refractivity contribution is 6.42. The van der Waals surface area contributed by atoms with E-state index >= 15 is 0 Å². The van der Waals surface area contributed by atoms with Gasteiger partial charge in [0, 0.05) is 13.6 Å².